The fourth-order valence-electron chi connectivity index (χ4n) is 2.03. The van der Waals surface area contributed by atoms with Crippen molar-refractivity contribution in [2.45, 2.75) is 6.92 Å². The van der Waals surface area contributed by atoms with Gasteiger partial charge in [0.05, 0.1) is 5.39 Å². The number of thiophene rings is 1. The summed E-state index contributed by atoms with van der Waals surface area (Å²) in [4.78, 5) is 21.3. The maximum atomic E-state index is 11.9. The van der Waals surface area contributed by atoms with Crippen LogP contribution in [-0.2, 0) is 0 Å². The van der Waals surface area contributed by atoms with Crippen LogP contribution in [0.15, 0.2) is 42.0 Å². The van der Waals surface area contributed by atoms with E-state index in [0.29, 0.717) is 12.1 Å². The van der Waals surface area contributed by atoms with E-state index in [9.17, 15) is 4.79 Å². The standard InChI is InChI=1S/C15H14N4OS/c1-2-16-14(20)10-4-3-5-11(8-10)19-13-12-6-7-21-15(12)18-9-17-13/h3-9H,2H2,1H3,(H,16,20)(H,17,18,19). The molecule has 0 fully saturated rings. The molecule has 1 aromatic carbocycles. The molecule has 5 nitrogen and oxygen atoms in total. The molecule has 2 heterocycles. The van der Waals surface area contributed by atoms with Gasteiger partial charge in [-0.1, -0.05) is 6.07 Å². The van der Waals surface area contributed by atoms with E-state index in [1.54, 1.807) is 17.4 Å². The summed E-state index contributed by atoms with van der Waals surface area (Å²) in [5, 5.41) is 8.99. The van der Waals surface area contributed by atoms with E-state index in [2.05, 4.69) is 20.6 Å². The zero-order valence-corrected chi connectivity index (χ0v) is 12.3. The van der Waals surface area contributed by atoms with E-state index < -0.39 is 0 Å². The van der Waals surface area contributed by atoms with Crippen molar-refractivity contribution in [3.63, 3.8) is 0 Å². The molecule has 3 aromatic rings. The van der Waals surface area contributed by atoms with E-state index in [4.69, 9.17) is 0 Å². The predicted molar refractivity (Wildman–Crippen MR) is 85.1 cm³/mol. The molecule has 1 amide bonds. The van der Waals surface area contributed by atoms with Crippen molar-refractivity contribution in [2.24, 2.45) is 0 Å². The molecule has 0 aliphatic carbocycles. The Balaban J connectivity index is 1.90. The maximum absolute atomic E-state index is 11.9. The molecule has 0 bridgehead atoms. The smallest absolute Gasteiger partial charge is 0.251 e. The molecule has 0 aliphatic rings. The molecule has 6 heteroatoms. The molecule has 0 radical (unpaired) electrons. The molecule has 2 N–H and O–H groups in total. The SMILES string of the molecule is CCNC(=O)c1cccc(Nc2ncnc3sccc23)c1. The molecule has 21 heavy (non-hydrogen) atoms. The fraction of sp³-hybridized carbons (Fsp3) is 0.133. The minimum Gasteiger partial charge on any atom is -0.352 e. The van der Waals surface area contributed by atoms with Crippen LogP contribution in [-0.4, -0.2) is 22.4 Å². The van der Waals surface area contributed by atoms with Gasteiger partial charge in [0.2, 0.25) is 0 Å². The number of rotatable bonds is 4. The van der Waals surface area contributed by atoms with E-state index in [-0.39, 0.29) is 5.91 Å². The Hall–Kier alpha value is -2.47. The van der Waals surface area contributed by atoms with Gasteiger partial charge in [-0.2, -0.15) is 0 Å². The minimum absolute atomic E-state index is 0.0792. The third-order valence-corrected chi connectivity index (χ3v) is 3.81. The zero-order valence-electron chi connectivity index (χ0n) is 11.5. The van der Waals surface area contributed by atoms with Crippen molar-refractivity contribution in [2.75, 3.05) is 11.9 Å². The first kappa shape index (κ1) is 13.5. The summed E-state index contributed by atoms with van der Waals surface area (Å²) in [6.45, 7) is 2.51. The van der Waals surface area contributed by atoms with Gasteiger partial charge in [-0.15, -0.1) is 11.3 Å². The lowest BCUT2D eigenvalue weighted by molar-refractivity contribution is 0.0956. The van der Waals surface area contributed by atoms with Crippen molar-refractivity contribution in [3.8, 4) is 0 Å². The molecule has 3 rings (SSSR count). The number of nitrogens with one attached hydrogen (secondary N) is 2. The van der Waals surface area contributed by atoms with Crippen LogP contribution in [0.4, 0.5) is 11.5 Å². The second kappa shape index (κ2) is 5.88. The van der Waals surface area contributed by atoms with Crippen molar-refractivity contribution in [1.29, 1.82) is 0 Å². The van der Waals surface area contributed by atoms with Gasteiger partial charge < -0.3 is 10.6 Å². The molecule has 0 atom stereocenters. The van der Waals surface area contributed by atoms with Crippen LogP contribution in [0.3, 0.4) is 0 Å². The number of amides is 1. The van der Waals surface area contributed by atoms with Crippen molar-refractivity contribution < 1.29 is 4.79 Å². The van der Waals surface area contributed by atoms with Gasteiger partial charge in [0.25, 0.3) is 5.91 Å². The van der Waals surface area contributed by atoms with Crippen LogP contribution in [0, 0.1) is 0 Å². The number of fused-ring (bicyclic) bond motifs is 1. The maximum Gasteiger partial charge on any atom is 0.251 e. The van der Waals surface area contributed by atoms with E-state index in [1.807, 2.05) is 36.6 Å². The van der Waals surface area contributed by atoms with Crippen molar-refractivity contribution in [1.82, 2.24) is 15.3 Å². The normalized spacial score (nSPS) is 10.5. The Morgan fingerprint density at radius 2 is 2.19 bits per heavy atom. The average Bonchev–Trinajstić information content (AvgIpc) is 2.97. The molecule has 0 unspecified atom stereocenters. The van der Waals surface area contributed by atoms with Crippen LogP contribution in [0.5, 0.6) is 0 Å². The Bertz CT molecular complexity index is 784. The van der Waals surface area contributed by atoms with Gasteiger partial charge in [0, 0.05) is 17.8 Å². The lowest BCUT2D eigenvalue weighted by Gasteiger charge is -2.08. The fourth-order valence-corrected chi connectivity index (χ4v) is 2.76. The summed E-state index contributed by atoms with van der Waals surface area (Å²) in [7, 11) is 0. The second-order valence-electron chi connectivity index (χ2n) is 4.43. The van der Waals surface area contributed by atoms with Gasteiger partial charge in [-0.25, -0.2) is 9.97 Å². The number of hydrogen-bond donors (Lipinski definition) is 2. The number of benzene rings is 1. The van der Waals surface area contributed by atoms with Crippen molar-refractivity contribution >= 4 is 39.0 Å². The summed E-state index contributed by atoms with van der Waals surface area (Å²) in [5.41, 5.74) is 1.45. The quantitative estimate of drug-likeness (QED) is 0.776. The van der Waals surface area contributed by atoms with E-state index >= 15 is 0 Å². The Kier molecular flexibility index (Phi) is 3.79. The highest BCUT2D eigenvalue weighted by molar-refractivity contribution is 7.16. The molecule has 106 valence electrons. The number of carbonyl (C=O) groups is 1. The highest BCUT2D eigenvalue weighted by Gasteiger charge is 2.07. The Morgan fingerprint density at radius 1 is 1.29 bits per heavy atom. The van der Waals surface area contributed by atoms with Crippen molar-refractivity contribution in [3.05, 3.63) is 47.6 Å². The number of hydrogen-bond acceptors (Lipinski definition) is 5. The minimum atomic E-state index is -0.0792. The highest BCUT2D eigenvalue weighted by atomic mass is 32.1. The first-order valence-corrected chi connectivity index (χ1v) is 7.49. The number of aromatic nitrogens is 2. The first-order valence-electron chi connectivity index (χ1n) is 6.61. The van der Waals surface area contributed by atoms with Crippen LogP contribution < -0.4 is 10.6 Å². The molecule has 0 spiro atoms. The molecule has 2 aromatic heterocycles. The topological polar surface area (TPSA) is 66.9 Å². The van der Waals surface area contributed by atoms with Gasteiger partial charge >= 0.3 is 0 Å². The third-order valence-electron chi connectivity index (χ3n) is 2.99. The van der Waals surface area contributed by atoms with Gasteiger partial charge in [0.1, 0.15) is 17.0 Å². The van der Waals surface area contributed by atoms with Gasteiger partial charge in [-0.3, -0.25) is 4.79 Å². The zero-order chi connectivity index (χ0) is 14.7. The van der Waals surface area contributed by atoms with Gasteiger partial charge in [-0.05, 0) is 36.6 Å². The summed E-state index contributed by atoms with van der Waals surface area (Å²) in [6.07, 6.45) is 1.54. The highest BCUT2D eigenvalue weighted by Crippen LogP contribution is 2.26. The summed E-state index contributed by atoms with van der Waals surface area (Å²) < 4.78 is 0. The number of carbonyl (C=O) groups excluding carboxylic acids is 1. The largest absolute Gasteiger partial charge is 0.352 e. The average molecular weight is 298 g/mol. The summed E-state index contributed by atoms with van der Waals surface area (Å²) in [6, 6.07) is 9.33. The van der Waals surface area contributed by atoms with Crippen LogP contribution in [0.1, 0.15) is 17.3 Å². The molecule has 0 saturated carbocycles. The summed E-state index contributed by atoms with van der Waals surface area (Å²) >= 11 is 1.57. The van der Waals surface area contributed by atoms with Gasteiger partial charge in [0.15, 0.2) is 0 Å². The molecule has 0 saturated heterocycles. The first-order chi connectivity index (χ1) is 10.3. The summed E-state index contributed by atoms with van der Waals surface area (Å²) in [5.74, 6) is 0.666. The third kappa shape index (κ3) is 2.85. The molecular weight excluding hydrogens is 284 g/mol. The predicted octanol–water partition coefficient (Wildman–Crippen LogP) is 3.18. The Labute approximate surface area is 126 Å². The lowest BCUT2D eigenvalue weighted by atomic mass is 10.2. The van der Waals surface area contributed by atoms with Crippen LogP contribution >= 0.6 is 11.3 Å². The van der Waals surface area contributed by atoms with Crippen LogP contribution in [0.2, 0.25) is 0 Å². The second-order valence-corrected chi connectivity index (χ2v) is 5.32. The number of anilines is 2. The van der Waals surface area contributed by atoms with Crippen LogP contribution in [0.25, 0.3) is 10.2 Å². The molecular formula is C15H14N4OS. The Morgan fingerprint density at radius 3 is 3.05 bits per heavy atom. The lowest BCUT2D eigenvalue weighted by Crippen LogP contribution is -2.22. The van der Waals surface area contributed by atoms with E-state index in [1.165, 1.54) is 6.33 Å². The molecule has 0 aliphatic heterocycles. The monoisotopic (exact) mass is 298 g/mol. The number of nitrogens with zero attached hydrogens (tertiary/aromatic N) is 2. The van der Waals surface area contributed by atoms with E-state index in [0.717, 1.165) is 21.7 Å².